The quantitative estimate of drug-likeness (QED) is 0.334. The number of fused-ring (bicyclic) bond motifs is 1. The van der Waals surface area contributed by atoms with E-state index in [4.69, 9.17) is 0 Å². The van der Waals surface area contributed by atoms with Gasteiger partial charge in [-0.25, -0.2) is 0 Å². The molecule has 1 N–H and O–H groups in total. The van der Waals surface area contributed by atoms with Gasteiger partial charge in [0.05, 0.1) is 5.52 Å². The highest BCUT2D eigenvalue weighted by molar-refractivity contribution is 5.94. The fourth-order valence-corrected chi connectivity index (χ4v) is 5.42. The number of hydrogen-bond donors (Lipinski definition) is 1. The smallest absolute Gasteiger partial charge is 0.251 e. The van der Waals surface area contributed by atoms with Crippen molar-refractivity contribution in [1.29, 1.82) is 0 Å². The number of aromatic nitrogens is 1. The van der Waals surface area contributed by atoms with Gasteiger partial charge in [-0.3, -0.25) is 9.78 Å². The van der Waals surface area contributed by atoms with Crippen LogP contribution in [0.5, 0.6) is 0 Å². The first-order chi connectivity index (χ1) is 16.7. The van der Waals surface area contributed by atoms with Gasteiger partial charge in [0.15, 0.2) is 0 Å². The zero-order valence-electron chi connectivity index (χ0n) is 19.8. The molecule has 1 atom stereocenters. The van der Waals surface area contributed by atoms with Crippen LogP contribution in [0.4, 0.5) is 0 Å². The summed E-state index contributed by atoms with van der Waals surface area (Å²) in [6.07, 6.45) is 7.62. The van der Waals surface area contributed by atoms with Gasteiger partial charge in [-0.05, 0) is 84.9 Å². The molecule has 0 saturated heterocycles. The molecule has 1 aliphatic rings. The Labute approximate surface area is 202 Å². The molecule has 5 rings (SSSR count). The Balaban J connectivity index is 1.19. The van der Waals surface area contributed by atoms with Gasteiger partial charge in [-0.15, -0.1) is 0 Å². The summed E-state index contributed by atoms with van der Waals surface area (Å²) in [6.45, 7) is 2.18. The van der Waals surface area contributed by atoms with Crippen LogP contribution in [-0.4, -0.2) is 16.9 Å². The third kappa shape index (κ3) is 4.89. The van der Waals surface area contributed by atoms with Crippen LogP contribution in [0, 0.1) is 5.92 Å². The minimum Gasteiger partial charge on any atom is -0.349 e. The van der Waals surface area contributed by atoms with Gasteiger partial charge in [0.25, 0.3) is 5.91 Å². The summed E-state index contributed by atoms with van der Waals surface area (Å²) >= 11 is 0. The van der Waals surface area contributed by atoms with Crippen molar-refractivity contribution in [2.24, 2.45) is 5.92 Å². The number of pyridine rings is 1. The molecule has 3 heteroatoms. The van der Waals surface area contributed by atoms with E-state index in [1.54, 1.807) is 0 Å². The molecule has 0 aliphatic heterocycles. The number of carbonyl (C=O) groups excluding carboxylic acids is 1. The second-order valence-corrected chi connectivity index (χ2v) is 9.50. The Morgan fingerprint density at radius 1 is 0.882 bits per heavy atom. The van der Waals surface area contributed by atoms with Crippen LogP contribution >= 0.6 is 0 Å². The fourth-order valence-electron chi connectivity index (χ4n) is 5.42. The van der Waals surface area contributed by atoms with Crippen molar-refractivity contribution in [3.8, 4) is 11.1 Å². The summed E-state index contributed by atoms with van der Waals surface area (Å²) in [6, 6.07) is 29.1. The van der Waals surface area contributed by atoms with Gasteiger partial charge in [-0.2, -0.15) is 0 Å². The lowest BCUT2D eigenvalue weighted by atomic mass is 9.75. The molecular weight excluding hydrogens is 416 g/mol. The number of nitrogens with zero attached hydrogens (tertiary/aromatic N) is 1. The number of carbonyl (C=O) groups is 1. The van der Waals surface area contributed by atoms with Gasteiger partial charge in [0, 0.05) is 23.2 Å². The van der Waals surface area contributed by atoms with E-state index in [9.17, 15) is 4.79 Å². The third-order valence-corrected chi connectivity index (χ3v) is 7.43. The van der Waals surface area contributed by atoms with Crippen LogP contribution in [-0.2, 0) is 0 Å². The van der Waals surface area contributed by atoms with Crippen molar-refractivity contribution < 1.29 is 4.79 Å². The molecule has 0 unspecified atom stereocenters. The summed E-state index contributed by atoms with van der Waals surface area (Å²) in [7, 11) is 0. The maximum atomic E-state index is 13.0. The SMILES string of the molecule is CC[C@@H](NC(=O)c1ccc(-c2ccccc2)cc1)C1CCC(c2cnc3ccccc3c2)CC1. The first kappa shape index (κ1) is 22.3. The Kier molecular flexibility index (Phi) is 6.71. The zero-order chi connectivity index (χ0) is 23.3. The van der Waals surface area contributed by atoms with E-state index in [-0.39, 0.29) is 11.9 Å². The van der Waals surface area contributed by atoms with Crippen LogP contribution in [0.25, 0.3) is 22.0 Å². The lowest BCUT2D eigenvalue weighted by Gasteiger charge is -2.34. The van der Waals surface area contributed by atoms with Gasteiger partial charge < -0.3 is 5.32 Å². The molecule has 4 aromatic rings. The minimum atomic E-state index is 0.0346. The maximum Gasteiger partial charge on any atom is 0.251 e. The molecule has 0 radical (unpaired) electrons. The van der Waals surface area contributed by atoms with Gasteiger partial charge in [-0.1, -0.05) is 67.6 Å². The number of amides is 1. The van der Waals surface area contributed by atoms with Crippen LogP contribution in [0.15, 0.2) is 91.1 Å². The molecule has 0 spiro atoms. The van der Waals surface area contributed by atoms with Crippen LogP contribution in [0.2, 0.25) is 0 Å². The molecule has 0 bridgehead atoms. The van der Waals surface area contributed by atoms with Crippen molar-refractivity contribution >= 4 is 16.8 Å². The molecular formula is C31H32N2O. The van der Waals surface area contributed by atoms with Crippen molar-refractivity contribution in [2.75, 3.05) is 0 Å². The zero-order valence-corrected chi connectivity index (χ0v) is 19.8. The molecule has 34 heavy (non-hydrogen) atoms. The number of benzene rings is 3. The molecule has 3 aromatic carbocycles. The highest BCUT2D eigenvalue weighted by Crippen LogP contribution is 2.38. The summed E-state index contributed by atoms with van der Waals surface area (Å²) in [5.74, 6) is 1.13. The average Bonchev–Trinajstić information content (AvgIpc) is 2.92. The Bertz CT molecular complexity index is 1240. The van der Waals surface area contributed by atoms with E-state index in [0.717, 1.165) is 48.7 Å². The third-order valence-electron chi connectivity index (χ3n) is 7.43. The van der Waals surface area contributed by atoms with Crippen molar-refractivity contribution in [1.82, 2.24) is 10.3 Å². The summed E-state index contributed by atoms with van der Waals surface area (Å²) in [5, 5.41) is 4.56. The minimum absolute atomic E-state index is 0.0346. The van der Waals surface area contributed by atoms with Crippen LogP contribution in [0.1, 0.15) is 60.9 Å². The number of hydrogen-bond acceptors (Lipinski definition) is 2. The molecule has 1 heterocycles. The van der Waals surface area contributed by atoms with E-state index in [1.807, 2.05) is 48.5 Å². The normalized spacial score (nSPS) is 19.0. The van der Waals surface area contributed by atoms with Crippen molar-refractivity contribution in [2.45, 2.75) is 51.0 Å². The monoisotopic (exact) mass is 448 g/mol. The first-order valence-electron chi connectivity index (χ1n) is 12.5. The Hall–Kier alpha value is -3.46. The number of nitrogens with one attached hydrogen (secondary N) is 1. The van der Waals surface area contributed by atoms with Crippen molar-refractivity contribution in [3.63, 3.8) is 0 Å². The van der Waals surface area contributed by atoms with Crippen LogP contribution in [0.3, 0.4) is 0 Å². The predicted octanol–water partition coefficient (Wildman–Crippen LogP) is 7.38. The van der Waals surface area contributed by atoms with E-state index in [0.29, 0.717) is 11.8 Å². The Morgan fingerprint density at radius 2 is 1.56 bits per heavy atom. The van der Waals surface area contributed by atoms with Gasteiger partial charge >= 0.3 is 0 Å². The standard InChI is InChI=1S/C31H32N2O/c1-2-29(33-31(34)26-18-14-23(15-19-26)22-8-4-3-5-9-22)25-16-12-24(13-17-25)28-20-27-10-6-7-11-30(27)32-21-28/h3-11,14-15,18-21,24-25,29H,2,12-13,16-17H2,1H3,(H,33,34)/t24?,25?,29-/m1/s1. The average molecular weight is 449 g/mol. The maximum absolute atomic E-state index is 13.0. The number of para-hydroxylation sites is 1. The van der Waals surface area contributed by atoms with E-state index >= 15 is 0 Å². The molecule has 1 fully saturated rings. The second kappa shape index (κ2) is 10.2. The molecule has 1 saturated carbocycles. The van der Waals surface area contributed by atoms with Crippen LogP contribution < -0.4 is 5.32 Å². The van der Waals surface area contributed by atoms with Crippen molar-refractivity contribution in [3.05, 3.63) is 102 Å². The highest BCUT2D eigenvalue weighted by Gasteiger charge is 2.28. The summed E-state index contributed by atoms with van der Waals surface area (Å²) < 4.78 is 0. The summed E-state index contributed by atoms with van der Waals surface area (Å²) in [4.78, 5) is 17.7. The van der Waals surface area contributed by atoms with E-state index in [2.05, 4.69) is 59.8 Å². The predicted molar refractivity (Wildman–Crippen MR) is 140 cm³/mol. The van der Waals surface area contributed by atoms with Gasteiger partial charge in [0.2, 0.25) is 0 Å². The molecule has 3 nitrogen and oxygen atoms in total. The lowest BCUT2D eigenvalue weighted by Crippen LogP contribution is -2.41. The fraction of sp³-hybridized carbons (Fsp3) is 0.290. The Morgan fingerprint density at radius 3 is 2.29 bits per heavy atom. The molecule has 1 aliphatic carbocycles. The van der Waals surface area contributed by atoms with Gasteiger partial charge in [0.1, 0.15) is 0 Å². The van der Waals surface area contributed by atoms with E-state index in [1.165, 1.54) is 16.5 Å². The number of rotatable bonds is 6. The molecule has 172 valence electrons. The van der Waals surface area contributed by atoms with E-state index < -0.39 is 0 Å². The second-order valence-electron chi connectivity index (χ2n) is 9.50. The molecule has 1 aromatic heterocycles. The largest absolute Gasteiger partial charge is 0.349 e. The molecule has 1 amide bonds. The topological polar surface area (TPSA) is 42.0 Å². The summed E-state index contributed by atoms with van der Waals surface area (Å²) in [5.41, 5.74) is 5.44. The lowest BCUT2D eigenvalue weighted by molar-refractivity contribution is 0.0909. The highest BCUT2D eigenvalue weighted by atomic mass is 16.1. The first-order valence-corrected chi connectivity index (χ1v) is 12.5.